The third-order valence-electron chi connectivity index (χ3n) is 4.30. The Kier molecular flexibility index (Phi) is 4.35. The Bertz CT molecular complexity index is 434. The Hall–Kier alpha value is -1.36. The van der Waals surface area contributed by atoms with Crippen molar-refractivity contribution in [2.75, 3.05) is 24.6 Å². The lowest BCUT2D eigenvalue weighted by Gasteiger charge is -2.40. The second-order valence-electron chi connectivity index (χ2n) is 5.61. The molecule has 2 fully saturated rings. The van der Waals surface area contributed by atoms with Crippen molar-refractivity contribution in [1.29, 1.82) is 0 Å². The van der Waals surface area contributed by atoms with Gasteiger partial charge < -0.3 is 15.0 Å². The van der Waals surface area contributed by atoms with Gasteiger partial charge in [-0.25, -0.2) is 0 Å². The molecule has 1 N–H and O–H groups in total. The highest BCUT2D eigenvalue weighted by Crippen LogP contribution is 2.28. The van der Waals surface area contributed by atoms with Gasteiger partial charge in [-0.3, -0.25) is 4.98 Å². The molecule has 0 saturated carbocycles. The minimum atomic E-state index is 0.553. The summed E-state index contributed by atoms with van der Waals surface area (Å²) in [4.78, 5) is 11.3. The van der Waals surface area contributed by atoms with E-state index in [1.807, 2.05) is 13.1 Å². The predicted octanol–water partition coefficient (Wildman–Crippen LogP) is 1.99. The summed E-state index contributed by atoms with van der Waals surface area (Å²) in [5.41, 5.74) is 0. The molecule has 20 heavy (non-hydrogen) atoms. The molecule has 0 amide bonds. The summed E-state index contributed by atoms with van der Waals surface area (Å²) in [6, 6.07) is 1.16. The van der Waals surface area contributed by atoms with Crippen molar-refractivity contribution < 1.29 is 4.74 Å². The van der Waals surface area contributed by atoms with Gasteiger partial charge in [0.25, 0.3) is 0 Å². The summed E-state index contributed by atoms with van der Waals surface area (Å²) in [7, 11) is 0. The third kappa shape index (κ3) is 2.87. The molecule has 2 atom stereocenters. The lowest BCUT2D eigenvalue weighted by molar-refractivity contribution is 0.323. The zero-order valence-corrected chi connectivity index (χ0v) is 12.2. The maximum Gasteiger partial charge on any atom is 0.234 e. The summed E-state index contributed by atoms with van der Waals surface area (Å²) in [6.45, 7) is 4.83. The van der Waals surface area contributed by atoms with E-state index in [9.17, 15) is 0 Å². The van der Waals surface area contributed by atoms with E-state index in [1.54, 1.807) is 6.20 Å². The molecule has 3 rings (SSSR count). The molecule has 2 unspecified atom stereocenters. The molecule has 1 aromatic rings. The van der Waals surface area contributed by atoms with Gasteiger partial charge in [-0.15, -0.1) is 0 Å². The van der Waals surface area contributed by atoms with Crippen LogP contribution in [0.4, 0.5) is 5.82 Å². The number of hydrogen-bond acceptors (Lipinski definition) is 5. The first-order valence-electron chi connectivity index (χ1n) is 7.83. The van der Waals surface area contributed by atoms with Crippen LogP contribution in [0.5, 0.6) is 5.88 Å². The van der Waals surface area contributed by atoms with Gasteiger partial charge in [-0.05, 0) is 45.6 Å². The van der Waals surface area contributed by atoms with Gasteiger partial charge in [0.2, 0.25) is 5.88 Å². The molecule has 5 nitrogen and oxygen atoms in total. The predicted molar refractivity (Wildman–Crippen MR) is 79.2 cm³/mol. The molecular formula is C15H24N4O. The fourth-order valence-electron chi connectivity index (χ4n) is 3.39. The van der Waals surface area contributed by atoms with Gasteiger partial charge in [-0.1, -0.05) is 0 Å². The van der Waals surface area contributed by atoms with Gasteiger partial charge in [0.05, 0.1) is 19.0 Å². The first-order valence-corrected chi connectivity index (χ1v) is 7.83. The number of anilines is 1. The molecule has 0 bridgehead atoms. The topological polar surface area (TPSA) is 50.3 Å². The van der Waals surface area contributed by atoms with Crippen molar-refractivity contribution in [3.63, 3.8) is 0 Å². The summed E-state index contributed by atoms with van der Waals surface area (Å²) in [5.74, 6) is 1.60. The Morgan fingerprint density at radius 1 is 1.30 bits per heavy atom. The monoisotopic (exact) mass is 276 g/mol. The van der Waals surface area contributed by atoms with Crippen LogP contribution >= 0.6 is 0 Å². The average molecular weight is 276 g/mol. The molecule has 2 aliphatic rings. The van der Waals surface area contributed by atoms with Crippen LogP contribution in [0.1, 0.15) is 39.0 Å². The fraction of sp³-hybridized carbons (Fsp3) is 0.733. The minimum absolute atomic E-state index is 0.553. The molecule has 2 saturated heterocycles. The highest BCUT2D eigenvalue weighted by molar-refractivity contribution is 5.40. The van der Waals surface area contributed by atoms with Crippen LogP contribution < -0.4 is 15.0 Å². The SMILES string of the molecule is CCOc1cncc(N2CCCCC2C2CCCN2)n1. The van der Waals surface area contributed by atoms with E-state index in [4.69, 9.17) is 4.74 Å². The largest absolute Gasteiger partial charge is 0.477 e. The smallest absolute Gasteiger partial charge is 0.234 e. The number of nitrogens with zero attached hydrogens (tertiary/aromatic N) is 3. The molecule has 0 spiro atoms. The van der Waals surface area contributed by atoms with E-state index in [2.05, 4.69) is 20.2 Å². The fourth-order valence-corrected chi connectivity index (χ4v) is 3.39. The van der Waals surface area contributed by atoms with Gasteiger partial charge in [-0.2, -0.15) is 4.98 Å². The van der Waals surface area contributed by atoms with Crippen molar-refractivity contribution in [1.82, 2.24) is 15.3 Å². The summed E-state index contributed by atoms with van der Waals surface area (Å²) >= 11 is 0. The van der Waals surface area contributed by atoms with E-state index >= 15 is 0 Å². The highest BCUT2D eigenvalue weighted by Gasteiger charge is 2.32. The maximum absolute atomic E-state index is 5.48. The van der Waals surface area contributed by atoms with Crippen molar-refractivity contribution in [2.45, 2.75) is 51.1 Å². The number of piperidine rings is 1. The van der Waals surface area contributed by atoms with E-state index < -0.39 is 0 Å². The second kappa shape index (κ2) is 6.39. The Morgan fingerprint density at radius 2 is 2.25 bits per heavy atom. The summed E-state index contributed by atoms with van der Waals surface area (Å²) < 4.78 is 5.48. The molecule has 0 aromatic carbocycles. The van der Waals surface area contributed by atoms with Crippen LogP contribution in [0.2, 0.25) is 0 Å². The average Bonchev–Trinajstić information content (AvgIpc) is 3.02. The summed E-state index contributed by atoms with van der Waals surface area (Å²) in [6.07, 6.45) is 9.94. The Labute approximate surface area is 120 Å². The standard InChI is InChI=1S/C15H24N4O/c1-2-20-15-11-16-10-14(18-15)19-9-4-3-7-13(19)12-6-5-8-17-12/h10-13,17H,2-9H2,1H3. The number of ether oxygens (including phenoxy) is 1. The second-order valence-corrected chi connectivity index (χ2v) is 5.61. The first-order chi connectivity index (χ1) is 9.88. The molecular weight excluding hydrogens is 252 g/mol. The van der Waals surface area contributed by atoms with Crippen LogP contribution in [0, 0.1) is 0 Å². The molecule has 1 aromatic heterocycles. The number of hydrogen-bond donors (Lipinski definition) is 1. The van der Waals surface area contributed by atoms with E-state index in [-0.39, 0.29) is 0 Å². The van der Waals surface area contributed by atoms with Crippen molar-refractivity contribution in [3.05, 3.63) is 12.4 Å². The maximum atomic E-state index is 5.48. The van der Waals surface area contributed by atoms with E-state index in [0.717, 1.165) is 18.9 Å². The molecule has 0 radical (unpaired) electrons. The molecule has 3 heterocycles. The van der Waals surface area contributed by atoms with Gasteiger partial charge in [0, 0.05) is 18.6 Å². The van der Waals surface area contributed by atoms with Crippen LogP contribution in [-0.2, 0) is 0 Å². The molecule has 110 valence electrons. The number of nitrogens with one attached hydrogen (secondary N) is 1. The Morgan fingerprint density at radius 3 is 3.05 bits per heavy atom. The third-order valence-corrected chi connectivity index (χ3v) is 4.30. The molecule has 2 aliphatic heterocycles. The van der Waals surface area contributed by atoms with E-state index in [0.29, 0.717) is 24.6 Å². The van der Waals surface area contributed by atoms with Crippen molar-refractivity contribution in [2.24, 2.45) is 0 Å². The number of rotatable bonds is 4. The quantitative estimate of drug-likeness (QED) is 0.911. The highest BCUT2D eigenvalue weighted by atomic mass is 16.5. The minimum Gasteiger partial charge on any atom is -0.477 e. The lowest BCUT2D eigenvalue weighted by Crippen LogP contribution is -2.50. The summed E-state index contributed by atoms with van der Waals surface area (Å²) in [5, 5.41) is 3.64. The van der Waals surface area contributed by atoms with Crippen LogP contribution in [0.15, 0.2) is 12.4 Å². The lowest BCUT2D eigenvalue weighted by atomic mass is 9.94. The van der Waals surface area contributed by atoms with Crippen LogP contribution in [-0.4, -0.2) is 41.7 Å². The molecule has 5 heteroatoms. The first kappa shape index (κ1) is 13.6. The zero-order chi connectivity index (χ0) is 13.8. The normalized spacial score (nSPS) is 26.8. The van der Waals surface area contributed by atoms with Crippen molar-refractivity contribution >= 4 is 5.82 Å². The number of aromatic nitrogens is 2. The van der Waals surface area contributed by atoms with Crippen LogP contribution in [0.3, 0.4) is 0 Å². The van der Waals surface area contributed by atoms with E-state index in [1.165, 1.54) is 32.1 Å². The van der Waals surface area contributed by atoms with Crippen molar-refractivity contribution in [3.8, 4) is 5.88 Å². The van der Waals surface area contributed by atoms with Gasteiger partial charge >= 0.3 is 0 Å². The van der Waals surface area contributed by atoms with Gasteiger partial charge in [0.15, 0.2) is 5.82 Å². The van der Waals surface area contributed by atoms with Gasteiger partial charge in [0.1, 0.15) is 0 Å². The zero-order valence-electron chi connectivity index (χ0n) is 12.2. The molecule has 0 aliphatic carbocycles. The van der Waals surface area contributed by atoms with Crippen LogP contribution in [0.25, 0.3) is 0 Å². The Balaban J connectivity index is 1.79.